The lowest BCUT2D eigenvalue weighted by Gasteiger charge is -2.25. The maximum Gasteiger partial charge on any atom is 0.232 e. The van der Waals surface area contributed by atoms with Crippen molar-refractivity contribution in [1.82, 2.24) is 0 Å². The third kappa shape index (κ3) is 3.02. The van der Waals surface area contributed by atoms with Gasteiger partial charge in [-0.25, -0.2) is 4.39 Å². The Balaban J connectivity index is 1.93. The second-order valence-electron chi connectivity index (χ2n) is 6.30. The number of carbonyl (C=O) groups is 2. The predicted molar refractivity (Wildman–Crippen MR) is 91.7 cm³/mol. The molecule has 0 saturated heterocycles. The first-order valence-corrected chi connectivity index (χ1v) is 7.83. The standard InChI is InChI=1S/C19H19FN2O2/c1-10-6-11(2)18(12(3)7-10)22-19(24)15-9-17(23)21-16-8-13(20)4-5-14(15)16/h4-8,15H,9H2,1-3H3,(H,21,23)(H,22,24). The molecule has 1 aliphatic heterocycles. The van der Waals surface area contributed by atoms with Gasteiger partial charge in [0.1, 0.15) is 5.82 Å². The number of rotatable bonds is 2. The Morgan fingerprint density at radius 1 is 1.17 bits per heavy atom. The number of hydrogen-bond acceptors (Lipinski definition) is 2. The summed E-state index contributed by atoms with van der Waals surface area (Å²) in [5.74, 6) is -1.62. The number of aryl methyl sites for hydroxylation is 3. The molecule has 0 saturated carbocycles. The second kappa shape index (κ2) is 6.07. The van der Waals surface area contributed by atoms with E-state index in [0.717, 1.165) is 22.4 Å². The van der Waals surface area contributed by atoms with Crippen LogP contribution >= 0.6 is 0 Å². The van der Waals surface area contributed by atoms with E-state index in [9.17, 15) is 14.0 Å². The molecule has 2 aromatic rings. The summed E-state index contributed by atoms with van der Waals surface area (Å²) in [4.78, 5) is 24.6. The summed E-state index contributed by atoms with van der Waals surface area (Å²) in [6, 6.07) is 8.11. The molecule has 3 rings (SSSR count). The van der Waals surface area contributed by atoms with Crippen LogP contribution in [0.3, 0.4) is 0 Å². The summed E-state index contributed by atoms with van der Waals surface area (Å²) in [6.07, 6.45) is 0.0500. The largest absolute Gasteiger partial charge is 0.326 e. The molecule has 0 bridgehead atoms. The van der Waals surface area contributed by atoms with E-state index in [2.05, 4.69) is 10.6 Å². The molecule has 0 fully saturated rings. The summed E-state index contributed by atoms with van der Waals surface area (Å²) >= 11 is 0. The molecule has 0 spiro atoms. The Morgan fingerprint density at radius 3 is 2.50 bits per heavy atom. The van der Waals surface area contributed by atoms with E-state index in [4.69, 9.17) is 0 Å². The van der Waals surface area contributed by atoms with E-state index in [1.807, 2.05) is 32.9 Å². The summed E-state index contributed by atoms with van der Waals surface area (Å²) < 4.78 is 13.4. The van der Waals surface area contributed by atoms with Crippen molar-refractivity contribution in [2.45, 2.75) is 33.1 Å². The Hall–Kier alpha value is -2.69. The highest BCUT2D eigenvalue weighted by molar-refractivity contribution is 6.05. The van der Waals surface area contributed by atoms with Gasteiger partial charge in [0.05, 0.1) is 5.92 Å². The molecule has 2 amide bonds. The molecule has 0 aromatic heterocycles. The van der Waals surface area contributed by atoms with Gasteiger partial charge in [0.25, 0.3) is 0 Å². The van der Waals surface area contributed by atoms with Crippen LogP contribution < -0.4 is 10.6 Å². The molecule has 1 unspecified atom stereocenters. The monoisotopic (exact) mass is 326 g/mol. The molecule has 4 nitrogen and oxygen atoms in total. The molecule has 1 atom stereocenters. The first-order valence-electron chi connectivity index (χ1n) is 7.83. The highest BCUT2D eigenvalue weighted by atomic mass is 19.1. The highest BCUT2D eigenvalue weighted by Crippen LogP contribution is 2.34. The molecule has 0 aliphatic carbocycles. The van der Waals surface area contributed by atoms with Crippen LogP contribution in [0.2, 0.25) is 0 Å². The van der Waals surface area contributed by atoms with Crippen LogP contribution in [0.5, 0.6) is 0 Å². The topological polar surface area (TPSA) is 58.2 Å². The third-order valence-electron chi connectivity index (χ3n) is 4.30. The Labute approximate surface area is 140 Å². The Morgan fingerprint density at radius 2 is 1.83 bits per heavy atom. The van der Waals surface area contributed by atoms with Crippen molar-refractivity contribution in [3.8, 4) is 0 Å². The van der Waals surface area contributed by atoms with Gasteiger partial charge in [-0.3, -0.25) is 9.59 Å². The zero-order chi connectivity index (χ0) is 17.4. The number of carbonyl (C=O) groups excluding carboxylic acids is 2. The minimum Gasteiger partial charge on any atom is -0.326 e. The highest BCUT2D eigenvalue weighted by Gasteiger charge is 2.31. The van der Waals surface area contributed by atoms with Gasteiger partial charge in [0.2, 0.25) is 11.8 Å². The number of benzene rings is 2. The number of hydrogen-bond donors (Lipinski definition) is 2. The number of anilines is 2. The molecule has 124 valence electrons. The molecule has 2 aromatic carbocycles. The summed E-state index contributed by atoms with van der Waals surface area (Å²) in [5, 5.41) is 5.56. The fourth-order valence-electron chi connectivity index (χ4n) is 3.26. The second-order valence-corrected chi connectivity index (χ2v) is 6.30. The molecule has 0 radical (unpaired) electrons. The van der Waals surface area contributed by atoms with E-state index in [1.54, 1.807) is 6.07 Å². The van der Waals surface area contributed by atoms with Gasteiger partial charge >= 0.3 is 0 Å². The van der Waals surface area contributed by atoms with Crippen molar-refractivity contribution in [2.24, 2.45) is 0 Å². The smallest absolute Gasteiger partial charge is 0.232 e. The maximum absolute atomic E-state index is 13.4. The van der Waals surface area contributed by atoms with Crippen molar-refractivity contribution in [3.63, 3.8) is 0 Å². The Bertz CT molecular complexity index is 822. The van der Waals surface area contributed by atoms with Crippen molar-refractivity contribution < 1.29 is 14.0 Å². The van der Waals surface area contributed by atoms with Crippen LogP contribution in [0.15, 0.2) is 30.3 Å². The molecule has 1 heterocycles. The van der Waals surface area contributed by atoms with E-state index in [0.29, 0.717) is 11.3 Å². The van der Waals surface area contributed by atoms with Gasteiger partial charge in [0.15, 0.2) is 0 Å². The van der Waals surface area contributed by atoms with Crippen molar-refractivity contribution in [1.29, 1.82) is 0 Å². The van der Waals surface area contributed by atoms with E-state index >= 15 is 0 Å². The van der Waals surface area contributed by atoms with Crippen LogP contribution in [0.4, 0.5) is 15.8 Å². The molecule has 1 aliphatic rings. The Kier molecular flexibility index (Phi) is 4.09. The lowest BCUT2D eigenvalue weighted by Crippen LogP contribution is -2.31. The van der Waals surface area contributed by atoms with Crippen LogP contribution in [0, 0.1) is 26.6 Å². The lowest BCUT2D eigenvalue weighted by atomic mass is 9.89. The first-order chi connectivity index (χ1) is 11.3. The van der Waals surface area contributed by atoms with Crippen molar-refractivity contribution >= 4 is 23.2 Å². The summed E-state index contributed by atoms with van der Waals surface area (Å²) in [5.41, 5.74) is 4.83. The summed E-state index contributed by atoms with van der Waals surface area (Å²) in [6.45, 7) is 5.88. The number of nitrogens with one attached hydrogen (secondary N) is 2. The fraction of sp³-hybridized carbons (Fsp3) is 0.263. The van der Waals surface area contributed by atoms with Crippen molar-refractivity contribution in [2.75, 3.05) is 10.6 Å². The number of halogens is 1. The first kappa shape index (κ1) is 16.2. The van der Waals surface area contributed by atoms with Crippen LogP contribution in [-0.2, 0) is 9.59 Å². The molecular weight excluding hydrogens is 307 g/mol. The average molecular weight is 326 g/mol. The normalized spacial score (nSPS) is 16.3. The van der Waals surface area contributed by atoms with Gasteiger partial charge < -0.3 is 10.6 Å². The van der Waals surface area contributed by atoms with E-state index in [1.165, 1.54) is 12.1 Å². The van der Waals surface area contributed by atoms with Crippen LogP contribution in [0.1, 0.15) is 34.6 Å². The van der Waals surface area contributed by atoms with Crippen molar-refractivity contribution in [3.05, 3.63) is 58.4 Å². The van der Waals surface area contributed by atoms with Gasteiger partial charge in [0, 0.05) is 17.8 Å². The quantitative estimate of drug-likeness (QED) is 0.881. The minimum absolute atomic E-state index is 0.0500. The number of fused-ring (bicyclic) bond motifs is 1. The van der Waals surface area contributed by atoms with Crippen LogP contribution in [-0.4, -0.2) is 11.8 Å². The average Bonchev–Trinajstić information content (AvgIpc) is 2.49. The molecule has 5 heteroatoms. The molecule has 2 N–H and O–H groups in total. The maximum atomic E-state index is 13.4. The fourth-order valence-corrected chi connectivity index (χ4v) is 3.26. The van der Waals surface area contributed by atoms with Gasteiger partial charge in [-0.05, 0) is 49.6 Å². The molecular formula is C19H19FN2O2. The van der Waals surface area contributed by atoms with Gasteiger partial charge in [-0.1, -0.05) is 23.8 Å². The lowest BCUT2D eigenvalue weighted by molar-refractivity contribution is -0.123. The van der Waals surface area contributed by atoms with E-state index in [-0.39, 0.29) is 18.2 Å². The molecule has 24 heavy (non-hydrogen) atoms. The van der Waals surface area contributed by atoms with Gasteiger partial charge in [-0.2, -0.15) is 0 Å². The minimum atomic E-state index is -0.630. The summed E-state index contributed by atoms with van der Waals surface area (Å²) in [7, 11) is 0. The zero-order valence-electron chi connectivity index (χ0n) is 13.9. The van der Waals surface area contributed by atoms with Gasteiger partial charge in [-0.15, -0.1) is 0 Å². The van der Waals surface area contributed by atoms with Crippen LogP contribution in [0.25, 0.3) is 0 Å². The SMILES string of the molecule is Cc1cc(C)c(NC(=O)C2CC(=O)Nc3cc(F)ccc32)c(C)c1. The predicted octanol–water partition coefficient (Wildman–Crippen LogP) is 3.82. The number of amides is 2. The zero-order valence-corrected chi connectivity index (χ0v) is 13.9. The van der Waals surface area contributed by atoms with E-state index < -0.39 is 11.7 Å². The third-order valence-corrected chi connectivity index (χ3v) is 4.30.